The molecule has 0 aromatic carbocycles. The minimum absolute atomic E-state index is 0.184. The third kappa shape index (κ3) is 2.25. The highest BCUT2D eigenvalue weighted by molar-refractivity contribution is 4.61. The lowest BCUT2D eigenvalue weighted by Gasteiger charge is -2.10. The van der Waals surface area contributed by atoms with Gasteiger partial charge in [-0.1, -0.05) is 0 Å². The summed E-state index contributed by atoms with van der Waals surface area (Å²) >= 11 is 0. The number of hydrogen-bond donors (Lipinski definition) is 1. The molecule has 3 atom stereocenters. The van der Waals surface area contributed by atoms with Gasteiger partial charge in [0.1, 0.15) is 0 Å². The topological polar surface area (TPSA) is 38.7 Å². The van der Waals surface area contributed by atoms with Gasteiger partial charge in [0.2, 0.25) is 0 Å². The molecular formula is C7H14O3. The van der Waals surface area contributed by atoms with Gasteiger partial charge in [-0.2, -0.15) is 0 Å². The lowest BCUT2D eigenvalue weighted by molar-refractivity contribution is -0.0780. The van der Waals surface area contributed by atoms with Crippen LogP contribution in [-0.2, 0) is 9.47 Å². The van der Waals surface area contributed by atoms with E-state index in [9.17, 15) is 0 Å². The van der Waals surface area contributed by atoms with Crippen LogP contribution >= 0.6 is 0 Å². The number of aliphatic hydroxyl groups is 1. The van der Waals surface area contributed by atoms with E-state index in [1.165, 1.54) is 0 Å². The van der Waals surface area contributed by atoms with Crippen molar-refractivity contribution in [2.24, 2.45) is 0 Å². The normalized spacial score (nSPS) is 36.3. The summed E-state index contributed by atoms with van der Waals surface area (Å²) in [5.41, 5.74) is 0. The zero-order chi connectivity index (χ0) is 7.56. The highest BCUT2D eigenvalue weighted by Crippen LogP contribution is 2.14. The number of hydrogen-bond acceptors (Lipinski definition) is 3. The molecule has 0 saturated carbocycles. The molecule has 0 bridgehead atoms. The van der Waals surface area contributed by atoms with Crippen molar-refractivity contribution in [3.05, 3.63) is 0 Å². The molecule has 0 aliphatic carbocycles. The van der Waals surface area contributed by atoms with Crippen LogP contribution in [0.2, 0.25) is 0 Å². The molecule has 0 radical (unpaired) electrons. The van der Waals surface area contributed by atoms with Crippen LogP contribution in [0.1, 0.15) is 20.3 Å². The fourth-order valence-electron chi connectivity index (χ4n) is 0.983. The maximum absolute atomic E-state index is 8.94. The minimum atomic E-state index is -0.338. The van der Waals surface area contributed by atoms with Crippen molar-refractivity contribution in [2.75, 3.05) is 6.61 Å². The van der Waals surface area contributed by atoms with Gasteiger partial charge in [0.25, 0.3) is 0 Å². The first-order valence-electron chi connectivity index (χ1n) is 3.63. The largest absolute Gasteiger partial charge is 0.393 e. The first-order chi connectivity index (χ1) is 4.68. The Morgan fingerprint density at radius 3 is 2.80 bits per heavy atom. The Morgan fingerprint density at radius 1 is 1.70 bits per heavy atom. The maximum atomic E-state index is 8.94. The monoisotopic (exact) mass is 146 g/mol. The molecule has 3 nitrogen and oxygen atoms in total. The molecule has 10 heavy (non-hydrogen) atoms. The van der Waals surface area contributed by atoms with E-state index in [4.69, 9.17) is 14.6 Å². The van der Waals surface area contributed by atoms with E-state index >= 15 is 0 Å². The summed E-state index contributed by atoms with van der Waals surface area (Å²) in [6, 6.07) is 0. The molecule has 0 spiro atoms. The van der Waals surface area contributed by atoms with Crippen molar-refractivity contribution in [3.8, 4) is 0 Å². The van der Waals surface area contributed by atoms with Gasteiger partial charge in [-0.05, 0) is 13.8 Å². The van der Waals surface area contributed by atoms with Gasteiger partial charge in [-0.15, -0.1) is 0 Å². The van der Waals surface area contributed by atoms with Crippen molar-refractivity contribution < 1.29 is 14.6 Å². The summed E-state index contributed by atoms with van der Waals surface area (Å²) in [6.07, 6.45) is 0.235. The van der Waals surface area contributed by atoms with E-state index < -0.39 is 0 Å². The van der Waals surface area contributed by atoms with Gasteiger partial charge < -0.3 is 14.6 Å². The quantitative estimate of drug-likeness (QED) is 0.617. The van der Waals surface area contributed by atoms with Crippen LogP contribution in [0.25, 0.3) is 0 Å². The van der Waals surface area contributed by atoms with Crippen molar-refractivity contribution in [2.45, 2.75) is 38.8 Å². The van der Waals surface area contributed by atoms with E-state index in [2.05, 4.69) is 0 Å². The molecule has 60 valence electrons. The fourth-order valence-corrected chi connectivity index (χ4v) is 0.983. The van der Waals surface area contributed by atoms with Crippen molar-refractivity contribution in [3.63, 3.8) is 0 Å². The van der Waals surface area contributed by atoms with E-state index in [1.54, 1.807) is 6.92 Å². The Balaban J connectivity index is 2.18. The van der Waals surface area contributed by atoms with Gasteiger partial charge in [-0.3, -0.25) is 0 Å². The first-order valence-corrected chi connectivity index (χ1v) is 3.63. The highest BCUT2D eigenvalue weighted by atomic mass is 16.7. The summed E-state index contributed by atoms with van der Waals surface area (Å²) in [7, 11) is 0. The van der Waals surface area contributed by atoms with E-state index in [0.29, 0.717) is 13.0 Å². The zero-order valence-electron chi connectivity index (χ0n) is 6.41. The van der Waals surface area contributed by atoms with Crippen molar-refractivity contribution in [1.82, 2.24) is 0 Å². The van der Waals surface area contributed by atoms with Gasteiger partial charge in [-0.25, -0.2) is 0 Å². The average Bonchev–Trinajstić information content (AvgIpc) is 2.13. The van der Waals surface area contributed by atoms with E-state index in [0.717, 1.165) is 0 Å². The smallest absolute Gasteiger partial charge is 0.160 e. The first kappa shape index (κ1) is 7.98. The zero-order valence-corrected chi connectivity index (χ0v) is 6.41. The summed E-state index contributed by atoms with van der Waals surface area (Å²) in [4.78, 5) is 0. The molecule has 1 rings (SSSR count). The van der Waals surface area contributed by atoms with Crippen molar-refractivity contribution >= 4 is 0 Å². The van der Waals surface area contributed by atoms with Crippen LogP contribution in [0.3, 0.4) is 0 Å². The Hall–Kier alpha value is -0.120. The van der Waals surface area contributed by atoms with E-state index in [1.807, 2.05) is 6.92 Å². The summed E-state index contributed by atoms with van der Waals surface area (Å²) in [5.74, 6) is 0. The predicted octanol–water partition coefficient (Wildman–Crippen LogP) is 0.519. The molecule has 1 heterocycles. The number of aliphatic hydroxyl groups excluding tert-OH is 1. The second kappa shape index (κ2) is 3.32. The van der Waals surface area contributed by atoms with Gasteiger partial charge in [0, 0.05) is 6.42 Å². The molecule has 1 aliphatic rings. The predicted molar refractivity (Wildman–Crippen MR) is 36.6 cm³/mol. The average molecular weight is 146 g/mol. The number of ether oxygens (including phenoxy) is 2. The summed E-state index contributed by atoms with van der Waals surface area (Å²) in [5, 5.41) is 8.94. The SMILES string of the molecule is CC(O)CC1OCC(C)O1. The van der Waals surface area contributed by atoms with E-state index in [-0.39, 0.29) is 18.5 Å². The lowest BCUT2D eigenvalue weighted by Crippen LogP contribution is -2.16. The molecule has 3 unspecified atom stereocenters. The Bertz CT molecular complexity index is 103. The molecule has 1 saturated heterocycles. The van der Waals surface area contributed by atoms with Crippen LogP contribution in [0.15, 0.2) is 0 Å². The second-order valence-electron chi connectivity index (χ2n) is 2.79. The molecule has 0 aromatic rings. The molecule has 1 aliphatic heterocycles. The van der Waals surface area contributed by atoms with Gasteiger partial charge in [0.15, 0.2) is 6.29 Å². The Morgan fingerprint density at radius 2 is 2.40 bits per heavy atom. The standard InChI is InChI=1S/C7H14O3/c1-5(8)3-7-9-4-6(2)10-7/h5-8H,3-4H2,1-2H3. The van der Waals surface area contributed by atoms with Gasteiger partial charge in [0.05, 0.1) is 18.8 Å². The Kier molecular flexibility index (Phi) is 2.65. The highest BCUT2D eigenvalue weighted by Gasteiger charge is 2.23. The van der Waals surface area contributed by atoms with Crippen LogP contribution in [-0.4, -0.2) is 30.2 Å². The Labute approximate surface area is 60.9 Å². The molecule has 0 aromatic heterocycles. The molecule has 0 amide bonds. The molecule has 1 fully saturated rings. The third-order valence-electron chi connectivity index (χ3n) is 1.43. The number of rotatable bonds is 2. The van der Waals surface area contributed by atoms with Crippen LogP contribution in [0.4, 0.5) is 0 Å². The summed E-state index contributed by atoms with van der Waals surface area (Å²) < 4.78 is 10.5. The van der Waals surface area contributed by atoms with Crippen LogP contribution in [0, 0.1) is 0 Å². The lowest BCUT2D eigenvalue weighted by atomic mass is 10.3. The molecule has 3 heteroatoms. The summed E-state index contributed by atoms with van der Waals surface area (Å²) in [6.45, 7) is 4.34. The molecule has 1 N–H and O–H groups in total. The van der Waals surface area contributed by atoms with Crippen LogP contribution < -0.4 is 0 Å². The van der Waals surface area contributed by atoms with Crippen LogP contribution in [0.5, 0.6) is 0 Å². The van der Waals surface area contributed by atoms with Crippen molar-refractivity contribution in [1.29, 1.82) is 0 Å². The minimum Gasteiger partial charge on any atom is -0.393 e. The fraction of sp³-hybridized carbons (Fsp3) is 1.00. The maximum Gasteiger partial charge on any atom is 0.160 e. The van der Waals surface area contributed by atoms with Gasteiger partial charge >= 0.3 is 0 Å². The third-order valence-corrected chi connectivity index (χ3v) is 1.43. The molecular weight excluding hydrogens is 132 g/mol. The second-order valence-corrected chi connectivity index (χ2v) is 2.79.